The smallest absolute Gasteiger partial charge is 0.233 e. The molecule has 0 spiro atoms. The molecule has 1 unspecified atom stereocenters. The first-order valence-corrected chi connectivity index (χ1v) is 3.39. The topological polar surface area (TPSA) is 98.6 Å². The highest BCUT2D eigenvalue weighted by atomic mass is 35.7. The molecular formula is C3H7ClO5. The fraction of sp³-hybridized carbons (Fsp3) is 1.00. The normalized spacial score (nSPS) is 15.7. The van der Waals surface area contributed by atoms with Gasteiger partial charge in [-0.25, -0.2) is 0 Å². The van der Waals surface area contributed by atoms with Gasteiger partial charge in [0.2, 0.25) is 6.10 Å². The van der Waals surface area contributed by atoms with Crippen molar-refractivity contribution in [2.45, 2.75) is 13.0 Å². The summed E-state index contributed by atoms with van der Waals surface area (Å²) in [6.45, 7) is 0.775. The lowest BCUT2D eigenvalue weighted by atomic mass is 10.5. The van der Waals surface area contributed by atoms with Gasteiger partial charge in [0.15, 0.2) is 0 Å². The molecule has 56 valence electrons. The maximum atomic E-state index is 9.68. The summed E-state index contributed by atoms with van der Waals surface area (Å²) in [5.74, 6) is 0. The van der Waals surface area contributed by atoms with E-state index in [0.29, 0.717) is 0 Å². The van der Waals surface area contributed by atoms with Gasteiger partial charge in [0.25, 0.3) is 0 Å². The van der Waals surface area contributed by atoms with Gasteiger partial charge in [0.05, 0.1) is 21.1 Å². The van der Waals surface area contributed by atoms with Crippen LogP contribution in [-0.4, -0.2) is 17.8 Å². The third-order valence-electron chi connectivity index (χ3n) is 0.518. The van der Waals surface area contributed by atoms with Crippen molar-refractivity contribution in [3.05, 3.63) is 0 Å². The number of aliphatic hydroxyl groups excluding tert-OH is 1. The van der Waals surface area contributed by atoms with E-state index in [1.165, 1.54) is 6.92 Å². The Balaban J connectivity index is 3.47. The zero-order chi connectivity index (χ0) is 7.49. The van der Waals surface area contributed by atoms with Crippen molar-refractivity contribution in [1.82, 2.24) is 0 Å². The van der Waals surface area contributed by atoms with Crippen LogP contribution < -0.4 is 14.0 Å². The fourth-order valence-electron chi connectivity index (χ4n) is 0.214. The molecular weight excluding hydrogens is 151 g/mol. The van der Waals surface area contributed by atoms with Gasteiger partial charge in [-0.2, -0.15) is 14.0 Å². The van der Waals surface area contributed by atoms with E-state index in [2.05, 4.69) is 4.29 Å². The highest BCUT2D eigenvalue weighted by Crippen LogP contribution is 1.95. The quantitative estimate of drug-likeness (QED) is 0.456. The summed E-state index contributed by atoms with van der Waals surface area (Å²) in [7, 11) is -4.39. The summed E-state index contributed by atoms with van der Waals surface area (Å²) >= 11 is 0. The van der Waals surface area contributed by atoms with Crippen LogP contribution in [-0.2, 0) is 4.29 Å². The average Bonchev–Trinajstić information content (AvgIpc) is 1.62. The zero-order valence-corrected chi connectivity index (χ0v) is 5.50. The average molecular weight is 159 g/mol. The van der Waals surface area contributed by atoms with Gasteiger partial charge in [0, 0.05) is 0 Å². The summed E-state index contributed by atoms with van der Waals surface area (Å²) in [5, 5.41) is 8.17. The van der Waals surface area contributed by atoms with Crippen LogP contribution in [0.3, 0.4) is 0 Å². The van der Waals surface area contributed by atoms with Crippen LogP contribution >= 0.6 is 0 Å². The highest BCUT2D eigenvalue weighted by molar-refractivity contribution is 4.36. The second-order valence-electron chi connectivity index (χ2n) is 1.46. The van der Waals surface area contributed by atoms with E-state index in [0.717, 1.165) is 0 Å². The number of aliphatic hydroxyl groups is 1. The summed E-state index contributed by atoms with van der Waals surface area (Å²) in [5.41, 5.74) is 0. The lowest BCUT2D eigenvalue weighted by Gasteiger charge is -2.14. The summed E-state index contributed by atoms with van der Waals surface area (Å²) in [6.07, 6.45) is -0.964. The van der Waals surface area contributed by atoms with Crippen molar-refractivity contribution in [3.8, 4) is 0 Å². The standard InChI is InChI=1S/C3H7ClO5/c1-3(2-5)9-4(6,7)8/h3,5H,2H2,1H3. The maximum Gasteiger partial charge on any atom is 0.233 e. The Kier molecular flexibility index (Phi) is 3.34. The summed E-state index contributed by atoms with van der Waals surface area (Å²) < 4.78 is 32.8. The van der Waals surface area contributed by atoms with Gasteiger partial charge < -0.3 is 5.11 Å². The van der Waals surface area contributed by atoms with E-state index in [1.807, 2.05) is 0 Å². The Hall–Kier alpha value is 0.0900. The predicted molar refractivity (Wildman–Crippen MR) is 17.6 cm³/mol. The molecule has 0 fully saturated rings. The number of halogens is 1. The Bertz CT molecular complexity index is 78.8. The Morgan fingerprint density at radius 2 is 2.00 bits per heavy atom. The van der Waals surface area contributed by atoms with Crippen LogP contribution in [0, 0.1) is 10.2 Å². The molecule has 0 heterocycles. The van der Waals surface area contributed by atoms with Crippen LogP contribution in [0.5, 0.6) is 0 Å². The van der Waals surface area contributed by atoms with Crippen LogP contribution in [0.1, 0.15) is 6.92 Å². The zero-order valence-electron chi connectivity index (χ0n) is 4.74. The maximum absolute atomic E-state index is 9.68. The monoisotopic (exact) mass is 158 g/mol. The van der Waals surface area contributed by atoms with E-state index in [9.17, 15) is 14.0 Å². The molecule has 0 saturated carbocycles. The minimum atomic E-state index is -4.39. The van der Waals surface area contributed by atoms with Crippen molar-refractivity contribution in [2.75, 3.05) is 6.61 Å². The molecule has 0 aliphatic rings. The van der Waals surface area contributed by atoms with Gasteiger partial charge in [-0.05, 0) is 6.92 Å². The molecule has 0 aromatic rings. The third kappa shape index (κ3) is 5.97. The SMILES string of the molecule is CC(CO)O[Cl+3]([O-])([O-])[O-]. The fourth-order valence-corrected chi connectivity index (χ4v) is 0.643. The Morgan fingerprint density at radius 1 is 1.56 bits per heavy atom. The molecule has 0 aliphatic heterocycles. The van der Waals surface area contributed by atoms with E-state index in [-0.39, 0.29) is 0 Å². The van der Waals surface area contributed by atoms with Crippen molar-refractivity contribution >= 4 is 0 Å². The van der Waals surface area contributed by atoms with Crippen molar-refractivity contribution in [3.63, 3.8) is 0 Å². The molecule has 0 bridgehead atoms. The Labute approximate surface area is 54.2 Å². The molecule has 0 aliphatic carbocycles. The van der Waals surface area contributed by atoms with Gasteiger partial charge >= 0.3 is 0 Å². The molecule has 1 atom stereocenters. The van der Waals surface area contributed by atoms with Crippen LogP contribution in [0.15, 0.2) is 0 Å². The minimum absolute atomic E-state index is 0.492. The molecule has 9 heavy (non-hydrogen) atoms. The first kappa shape index (κ1) is 9.09. The van der Waals surface area contributed by atoms with Crippen LogP contribution in [0.25, 0.3) is 0 Å². The molecule has 0 aromatic heterocycles. The predicted octanol–water partition coefficient (Wildman–Crippen LogP) is -3.72. The first-order chi connectivity index (χ1) is 3.95. The first-order valence-electron chi connectivity index (χ1n) is 2.15. The van der Waals surface area contributed by atoms with E-state index < -0.39 is 23.0 Å². The lowest BCUT2D eigenvalue weighted by Crippen LogP contribution is -2.62. The third-order valence-corrected chi connectivity index (χ3v) is 1.04. The molecule has 0 saturated heterocycles. The number of rotatable bonds is 3. The van der Waals surface area contributed by atoms with Gasteiger partial charge in [-0.15, -0.1) is 0 Å². The molecule has 1 N–H and O–H groups in total. The summed E-state index contributed by atoms with van der Waals surface area (Å²) in [4.78, 5) is 0. The highest BCUT2D eigenvalue weighted by Gasteiger charge is 2.23. The molecule has 0 aromatic carbocycles. The Morgan fingerprint density at radius 3 is 2.11 bits per heavy atom. The summed E-state index contributed by atoms with van der Waals surface area (Å²) in [6, 6.07) is 0. The van der Waals surface area contributed by atoms with E-state index in [1.54, 1.807) is 0 Å². The van der Waals surface area contributed by atoms with Crippen LogP contribution in [0.4, 0.5) is 0 Å². The van der Waals surface area contributed by atoms with E-state index in [4.69, 9.17) is 5.11 Å². The molecule has 0 rings (SSSR count). The van der Waals surface area contributed by atoms with Crippen molar-refractivity contribution < 1.29 is 33.6 Å². The van der Waals surface area contributed by atoms with Gasteiger partial charge in [-0.3, -0.25) is 0 Å². The minimum Gasteiger partial charge on any atom is -0.393 e. The molecule has 0 radical (unpaired) electrons. The van der Waals surface area contributed by atoms with Crippen molar-refractivity contribution in [1.29, 1.82) is 0 Å². The molecule has 6 heteroatoms. The van der Waals surface area contributed by atoms with Gasteiger partial charge in [-0.1, -0.05) is 0 Å². The second kappa shape index (κ2) is 3.31. The van der Waals surface area contributed by atoms with Gasteiger partial charge in [0.1, 0.15) is 0 Å². The second-order valence-corrected chi connectivity index (χ2v) is 2.39. The number of hydrogen-bond donors (Lipinski definition) is 1. The largest absolute Gasteiger partial charge is 0.393 e. The van der Waals surface area contributed by atoms with Crippen molar-refractivity contribution in [2.24, 2.45) is 0 Å². The molecule has 0 amide bonds. The lowest BCUT2D eigenvalue weighted by molar-refractivity contribution is -1.92. The number of hydrogen-bond acceptors (Lipinski definition) is 5. The van der Waals surface area contributed by atoms with E-state index >= 15 is 0 Å². The van der Waals surface area contributed by atoms with Crippen LogP contribution in [0.2, 0.25) is 0 Å². The molecule has 5 nitrogen and oxygen atoms in total.